The molecule has 1 aromatic heterocycles. The molecule has 23 heavy (non-hydrogen) atoms. The Bertz CT molecular complexity index is 993. The summed E-state index contributed by atoms with van der Waals surface area (Å²) in [6.45, 7) is 3.52. The Morgan fingerprint density at radius 3 is 2.78 bits per heavy atom. The van der Waals surface area contributed by atoms with Gasteiger partial charge in [0.2, 0.25) is 0 Å². The molecule has 0 amide bonds. The molecule has 0 aliphatic rings. The third kappa shape index (κ3) is 2.90. The van der Waals surface area contributed by atoms with E-state index in [1.165, 1.54) is 10.9 Å². The number of aryl methyl sites for hydroxylation is 2. The van der Waals surface area contributed by atoms with Crippen molar-refractivity contribution in [2.45, 2.75) is 13.8 Å². The van der Waals surface area contributed by atoms with E-state index in [1.54, 1.807) is 38.1 Å². The Balaban J connectivity index is 2.14. The number of aromatic nitrogens is 2. The van der Waals surface area contributed by atoms with Crippen LogP contribution in [0.4, 0.5) is 0 Å². The molecular weight excluding hydrogens is 358 g/mol. The molecule has 0 bridgehead atoms. The van der Waals surface area contributed by atoms with E-state index in [-0.39, 0.29) is 11.3 Å². The van der Waals surface area contributed by atoms with Crippen molar-refractivity contribution in [1.82, 2.24) is 9.66 Å². The second-order valence-corrected chi connectivity index (χ2v) is 6.11. The Hall–Kier alpha value is -2.47. The maximum absolute atomic E-state index is 12.5. The molecule has 3 rings (SSSR count). The van der Waals surface area contributed by atoms with E-state index in [1.807, 2.05) is 12.1 Å². The first-order chi connectivity index (χ1) is 11.0. The molecule has 0 atom stereocenters. The van der Waals surface area contributed by atoms with Gasteiger partial charge in [-0.1, -0.05) is 28.1 Å². The van der Waals surface area contributed by atoms with Gasteiger partial charge in [0.15, 0.2) is 0 Å². The fourth-order valence-corrected chi connectivity index (χ4v) is 2.94. The summed E-state index contributed by atoms with van der Waals surface area (Å²) in [6, 6.07) is 10.7. The number of hydrogen-bond donors (Lipinski definition) is 1. The fourth-order valence-electron chi connectivity index (χ4n) is 2.35. The third-order valence-electron chi connectivity index (χ3n) is 3.52. The first-order valence-corrected chi connectivity index (χ1v) is 7.78. The number of phenols is 1. The highest BCUT2D eigenvalue weighted by molar-refractivity contribution is 9.10. The van der Waals surface area contributed by atoms with Gasteiger partial charge in [-0.15, -0.1) is 0 Å². The molecule has 0 aliphatic carbocycles. The summed E-state index contributed by atoms with van der Waals surface area (Å²) in [5, 5.41) is 14.8. The van der Waals surface area contributed by atoms with Gasteiger partial charge in [-0.25, -0.2) is 4.98 Å². The SMILES string of the molecule is Cc1cc(Br)cc(/C=N\n2c(C)nc3ccccc3c2=O)c1O. The number of fused-ring (bicyclic) bond motifs is 1. The average Bonchev–Trinajstić information content (AvgIpc) is 2.51. The van der Waals surface area contributed by atoms with Crippen molar-refractivity contribution in [2.75, 3.05) is 0 Å². The van der Waals surface area contributed by atoms with E-state index in [0.717, 1.165) is 10.0 Å². The largest absolute Gasteiger partial charge is 0.507 e. The smallest absolute Gasteiger partial charge is 0.282 e. The van der Waals surface area contributed by atoms with E-state index >= 15 is 0 Å². The number of benzene rings is 2. The van der Waals surface area contributed by atoms with Crippen LogP contribution in [0.15, 0.2) is 50.8 Å². The molecular formula is C17H14BrN3O2. The molecule has 0 fully saturated rings. The zero-order chi connectivity index (χ0) is 16.6. The van der Waals surface area contributed by atoms with Crippen LogP contribution in [0.3, 0.4) is 0 Å². The molecule has 5 nitrogen and oxygen atoms in total. The first kappa shape index (κ1) is 15.4. The second-order valence-electron chi connectivity index (χ2n) is 5.20. The molecule has 0 saturated carbocycles. The van der Waals surface area contributed by atoms with Gasteiger partial charge in [0.25, 0.3) is 5.56 Å². The average molecular weight is 372 g/mol. The van der Waals surface area contributed by atoms with Crippen molar-refractivity contribution in [3.63, 3.8) is 0 Å². The Labute approximate surface area is 141 Å². The van der Waals surface area contributed by atoms with Crippen LogP contribution in [0.25, 0.3) is 10.9 Å². The van der Waals surface area contributed by atoms with Gasteiger partial charge in [0.1, 0.15) is 11.6 Å². The Morgan fingerprint density at radius 1 is 1.26 bits per heavy atom. The lowest BCUT2D eigenvalue weighted by Crippen LogP contribution is -2.20. The fraction of sp³-hybridized carbons (Fsp3) is 0.118. The summed E-state index contributed by atoms with van der Waals surface area (Å²) >= 11 is 3.38. The zero-order valence-corrected chi connectivity index (χ0v) is 14.2. The van der Waals surface area contributed by atoms with Crippen LogP contribution < -0.4 is 5.56 Å². The van der Waals surface area contributed by atoms with Gasteiger partial charge < -0.3 is 5.11 Å². The maximum atomic E-state index is 12.5. The van der Waals surface area contributed by atoms with E-state index < -0.39 is 0 Å². The van der Waals surface area contributed by atoms with E-state index in [4.69, 9.17) is 0 Å². The van der Waals surface area contributed by atoms with Gasteiger partial charge in [0.05, 0.1) is 17.1 Å². The molecule has 116 valence electrons. The van der Waals surface area contributed by atoms with Crippen molar-refractivity contribution in [1.29, 1.82) is 0 Å². The minimum atomic E-state index is -0.240. The highest BCUT2D eigenvalue weighted by Crippen LogP contribution is 2.25. The molecule has 1 N–H and O–H groups in total. The van der Waals surface area contributed by atoms with Crippen LogP contribution in [0, 0.1) is 13.8 Å². The van der Waals surface area contributed by atoms with E-state index in [2.05, 4.69) is 26.0 Å². The molecule has 0 radical (unpaired) electrons. The molecule has 3 aromatic rings. The predicted octanol–water partition coefficient (Wildman–Crippen LogP) is 3.36. The summed E-state index contributed by atoms with van der Waals surface area (Å²) in [7, 11) is 0. The molecule has 6 heteroatoms. The number of aromatic hydroxyl groups is 1. The molecule has 0 spiro atoms. The van der Waals surface area contributed by atoms with Crippen LogP contribution in [0.1, 0.15) is 17.0 Å². The van der Waals surface area contributed by atoms with Crippen molar-refractivity contribution in [3.8, 4) is 5.75 Å². The van der Waals surface area contributed by atoms with Crippen molar-refractivity contribution in [3.05, 3.63) is 68.2 Å². The minimum absolute atomic E-state index is 0.136. The Kier molecular flexibility index (Phi) is 4.00. The van der Waals surface area contributed by atoms with Gasteiger partial charge in [0, 0.05) is 10.0 Å². The minimum Gasteiger partial charge on any atom is -0.507 e. The van der Waals surface area contributed by atoms with Crippen molar-refractivity contribution < 1.29 is 5.11 Å². The van der Waals surface area contributed by atoms with Crippen LogP contribution in [-0.4, -0.2) is 21.0 Å². The monoisotopic (exact) mass is 371 g/mol. The molecule has 0 aliphatic heterocycles. The molecule has 0 saturated heterocycles. The van der Waals surface area contributed by atoms with Crippen molar-refractivity contribution in [2.24, 2.45) is 5.10 Å². The summed E-state index contributed by atoms with van der Waals surface area (Å²) in [5.74, 6) is 0.618. The number of para-hydroxylation sites is 1. The van der Waals surface area contributed by atoms with Gasteiger partial charge >= 0.3 is 0 Å². The van der Waals surface area contributed by atoms with E-state index in [9.17, 15) is 9.90 Å². The van der Waals surface area contributed by atoms with Gasteiger partial charge in [-0.3, -0.25) is 4.79 Å². The topological polar surface area (TPSA) is 67.5 Å². The quantitative estimate of drug-likeness (QED) is 0.702. The standard InChI is InChI=1S/C17H14BrN3O2/c1-10-7-13(18)8-12(16(10)22)9-19-21-11(2)20-15-6-4-3-5-14(15)17(21)23/h3-9,22H,1-2H3/b19-9-. The predicted molar refractivity (Wildman–Crippen MR) is 94.3 cm³/mol. The third-order valence-corrected chi connectivity index (χ3v) is 3.98. The number of halogens is 1. The summed E-state index contributed by atoms with van der Waals surface area (Å²) in [5.41, 5.74) is 1.65. The second kappa shape index (κ2) is 5.96. The Morgan fingerprint density at radius 2 is 2.00 bits per heavy atom. The lowest BCUT2D eigenvalue weighted by atomic mass is 10.1. The molecule has 0 unspecified atom stereocenters. The lowest BCUT2D eigenvalue weighted by Gasteiger charge is -2.06. The highest BCUT2D eigenvalue weighted by atomic mass is 79.9. The van der Waals surface area contributed by atoms with Crippen LogP contribution >= 0.6 is 15.9 Å². The summed E-state index contributed by atoms with van der Waals surface area (Å²) < 4.78 is 2.06. The first-order valence-electron chi connectivity index (χ1n) is 6.99. The molecule has 2 aromatic carbocycles. The zero-order valence-electron chi connectivity index (χ0n) is 12.6. The highest BCUT2D eigenvalue weighted by Gasteiger charge is 2.08. The number of hydrogen-bond acceptors (Lipinski definition) is 4. The number of rotatable bonds is 2. The van der Waals surface area contributed by atoms with Gasteiger partial charge in [-0.05, 0) is 43.7 Å². The van der Waals surface area contributed by atoms with Gasteiger partial charge in [-0.2, -0.15) is 9.78 Å². The maximum Gasteiger partial charge on any atom is 0.282 e. The number of nitrogens with zero attached hydrogens (tertiary/aromatic N) is 3. The molecule has 1 heterocycles. The van der Waals surface area contributed by atoms with Crippen molar-refractivity contribution >= 4 is 33.0 Å². The summed E-state index contributed by atoms with van der Waals surface area (Å²) in [6.07, 6.45) is 1.46. The van der Waals surface area contributed by atoms with E-state index in [0.29, 0.717) is 22.3 Å². The van der Waals surface area contributed by atoms with Crippen LogP contribution in [0.2, 0.25) is 0 Å². The number of phenolic OH excluding ortho intramolecular Hbond substituents is 1. The van der Waals surface area contributed by atoms with Crippen LogP contribution in [-0.2, 0) is 0 Å². The summed E-state index contributed by atoms with van der Waals surface area (Å²) in [4.78, 5) is 16.9. The van der Waals surface area contributed by atoms with Crippen LogP contribution in [0.5, 0.6) is 5.75 Å². The normalized spacial score (nSPS) is 11.4. The lowest BCUT2D eigenvalue weighted by molar-refractivity contribution is 0.470.